The molecule has 1 aromatic carbocycles. The van der Waals surface area contributed by atoms with E-state index in [1.165, 1.54) is 19.1 Å². The van der Waals surface area contributed by atoms with Gasteiger partial charge in [-0.15, -0.1) is 0 Å². The number of anilines is 1. The molecule has 0 fully saturated rings. The quantitative estimate of drug-likeness (QED) is 0.850. The smallest absolute Gasteiger partial charge is 0.335 e. The molecule has 0 saturated carbocycles. The number of benzene rings is 1. The van der Waals surface area contributed by atoms with E-state index in [2.05, 4.69) is 0 Å². The maximum atomic E-state index is 11.4. The highest BCUT2D eigenvalue weighted by atomic mass is 16.4. The van der Waals surface area contributed by atoms with Crippen molar-refractivity contribution < 1.29 is 14.7 Å². The molecule has 16 heavy (non-hydrogen) atoms. The Morgan fingerprint density at radius 1 is 1.31 bits per heavy atom. The Kier molecular flexibility index (Phi) is 3.66. The Morgan fingerprint density at radius 2 is 1.94 bits per heavy atom. The molecule has 0 unspecified atom stereocenters. The van der Waals surface area contributed by atoms with Crippen LogP contribution in [0.5, 0.6) is 0 Å². The minimum Gasteiger partial charge on any atom is -0.478 e. The van der Waals surface area contributed by atoms with Crippen molar-refractivity contribution in [2.45, 2.75) is 26.8 Å². The van der Waals surface area contributed by atoms with Gasteiger partial charge >= 0.3 is 5.97 Å². The van der Waals surface area contributed by atoms with E-state index in [1.54, 1.807) is 17.0 Å². The van der Waals surface area contributed by atoms with Crippen LogP contribution >= 0.6 is 0 Å². The highest BCUT2D eigenvalue weighted by Crippen LogP contribution is 2.19. The second kappa shape index (κ2) is 4.79. The summed E-state index contributed by atoms with van der Waals surface area (Å²) in [5.74, 6) is -1.09. The van der Waals surface area contributed by atoms with Crippen LogP contribution in [0.25, 0.3) is 0 Å². The molecular weight excluding hydrogens is 206 g/mol. The van der Waals surface area contributed by atoms with E-state index in [9.17, 15) is 9.59 Å². The molecule has 0 saturated heterocycles. The summed E-state index contributed by atoms with van der Waals surface area (Å²) in [4.78, 5) is 23.8. The van der Waals surface area contributed by atoms with Crippen LogP contribution in [-0.4, -0.2) is 23.0 Å². The van der Waals surface area contributed by atoms with Crippen molar-refractivity contribution in [3.8, 4) is 0 Å². The maximum Gasteiger partial charge on any atom is 0.335 e. The first-order valence-corrected chi connectivity index (χ1v) is 5.06. The molecule has 4 heteroatoms. The molecule has 0 aliphatic carbocycles. The third-order valence-corrected chi connectivity index (χ3v) is 2.23. The molecule has 1 aromatic rings. The van der Waals surface area contributed by atoms with E-state index in [0.29, 0.717) is 5.69 Å². The average molecular weight is 221 g/mol. The summed E-state index contributed by atoms with van der Waals surface area (Å²) in [5, 5.41) is 8.86. The normalized spacial score (nSPS) is 10.2. The van der Waals surface area contributed by atoms with Crippen LogP contribution in [0, 0.1) is 0 Å². The molecule has 0 aliphatic heterocycles. The van der Waals surface area contributed by atoms with Gasteiger partial charge in [-0.2, -0.15) is 0 Å². The van der Waals surface area contributed by atoms with Crippen molar-refractivity contribution in [2.24, 2.45) is 0 Å². The minimum absolute atomic E-state index is 0.00143. The first kappa shape index (κ1) is 12.2. The predicted octanol–water partition coefficient (Wildman–Crippen LogP) is 2.15. The lowest BCUT2D eigenvalue weighted by molar-refractivity contribution is -0.116. The van der Waals surface area contributed by atoms with E-state index < -0.39 is 5.97 Å². The fourth-order valence-electron chi connectivity index (χ4n) is 1.63. The van der Waals surface area contributed by atoms with Gasteiger partial charge in [-0.05, 0) is 32.0 Å². The number of carbonyl (C=O) groups excluding carboxylic acids is 1. The first-order valence-electron chi connectivity index (χ1n) is 5.06. The molecule has 0 heterocycles. The number of amides is 1. The maximum absolute atomic E-state index is 11.4. The zero-order valence-corrected chi connectivity index (χ0v) is 9.60. The summed E-state index contributed by atoms with van der Waals surface area (Å²) in [6, 6.07) is 6.38. The Balaban J connectivity index is 3.15. The lowest BCUT2D eigenvalue weighted by Crippen LogP contribution is -2.35. The van der Waals surface area contributed by atoms with Gasteiger partial charge in [-0.25, -0.2) is 4.79 Å². The summed E-state index contributed by atoms with van der Waals surface area (Å²) in [5.41, 5.74) is 0.798. The lowest BCUT2D eigenvalue weighted by Gasteiger charge is -2.25. The van der Waals surface area contributed by atoms with Crippen LogP contribution < -0.4 is 4.90 Å². The van der Waals surface area contributed by atoms with E-state index >= 15 is 0 Å². The van der Waals surface area contributed by atoms with Gasteiger partial charge in [0.05, 0.1) is 5.56 Å². The van der Waals surface area contributed by atoms with Crippen molar-refractivity contribution in [3.63, 3.8) is 0 Å². The van der Waals surface area contributed by atoms with Crippen LogP contribution in [-0.2, 0) is 4.79 Å². The Hall–Kier alpha value is -1.84. The van der Waals surface area contributed by atoms with Crippen molar-refractivity contribution >= 4 is 17.6 Å². The molecule has 0 radical (unpaired) electrons. The number of hydrogen-bond acceptors (Lipinski definition) is 2. The second-order valence-electron chi connectivity index (χ2n) is 3.84. The van der Waals surface area contributed by atoms with Gasteiger partial charge in [0.15, 0.2) is 0 Å². The second-order valence-corrected chi connectivity index (χ2v) is 3.84. The van der Waals surface area contributed by atoms with Crippen molar-refractivity contribution in [1.82, 2.24) is 0 Å². The average Bonchev–Trinajstić information content (AvgIpc) is 2.16. The van der Waals surface area contributed by atoms with Crippen LogP contribution in [0.3, 0.4) is 0 Å². The molecule has 1 rings (SSSR count). The fourth-order valence-corrected chi connectivity index (χ4v) is 1.63. The van der Waals surface area contributed by atoms with Crippen LogP contribution in [0.2, 0.25) is 0 Å². The minimum atomic E-state index is -0.992. The zero-order valence-electron chi connectivity index (χ0n) is 9.60. The highest BCUT2D eigenvalue weighted by molar-refractivity contribution is 5.94. The van der Waals surface area contributed by atoms with Crippen LogP contribution in [0.1, 0.15) is 31.1 Å². The Bertz CT molecular complexity index is 412. The summed E-state index contributed by atoms with van der Waals surface area (Å²) in [6.07, 6.45) is 0. The SMILES string of the molecule is CC(=O)N(c1cccc(C(=O)O)c1)C(C)C. The molecule has 1 N–H and O–H groups in total. The molecule has 4 nitrogen and oxygen atoms in total. The Labute approximate surface area is 94.5 Å². The topological polar surface area (TPSA) is 57.6 Å². The van der Waals surface area contributed by atoms with E-state index in [-0.39, 0.29) is 17.5 Å². The third kappa shape index (κ3) is 2.59. The number of carboxylic acids is 1. The van der Waals surface area contributed by atoms with Crippen molar-refractivity contribution in [1.29, 1.82) is 0 Å². The van der Waals surface area contributed by atoms with Gasteiger partial charge in [0.25, 0.3) is 0 Å². The number of rotatable bonds is 3. The summed E-state index contributed by atoms with van der Waals surface area (Å²) in [7, 11) is 0. The molecule has 0 spiro atoms. The Morgan fingerprint density at radius 3 is 2.38 bits per heavy atom. The number of aromatic carboxylic acids is 1. The zero-order chi connectivity index (χ0) is 12.3. The monoisotopic (exact) mass is 221 g/mol. The summed E-state index contributed by atoms with van der Waals surface area (Å²) >= 11 is 0. The summed E-state index contributed by atoms with van der Waals surface area (Å²) in [6.45, 7) is 5.23. The third-order valence-electron chi connectivity index (χ3n) is 2.23. The van der Waals surface area contributed by atoms with Gasteiger partial charge < -0.3 is 10.0 Å². The van der Waals surface area contributed by atoms with Gasteiger partial charge in [0, 0.05) is 18.7 Å². The molecule has 0 aliphatic rings. The molecule has 0 bridgehead atoms. The molecule has 1 amide bonds. The number of hydrogen-bond donors (Lipinski definition) is 1. The van der Waals surface area contributed by atoms with Gasteiger partial charge in [-0.3, -0.25) is 4.79 Å². The first-order chi connectivity index (χ1) is 7.43. The van der Waals surface area contributed by atoms with Gasteiger partial charge in [0.2, 0.25) is 5.91 Å². The lowest BCUT2D eigenvalue weighted by atomic mass is 10.1. The molecule has 0 aromatic heterocycles. The van der Waals surface area contributed by atoms with E-state index in [1.807, 2.05) is 13.8 Å². The highest BCUT2D eigenvalue weighted by Gasteiger charge is 2.16. The standard InChI is InChI=1S/C12H15NO3/c1-8(2)13(9(3)14)11-6-4-5-10(7-11)12(15)16/h4-8H,1-3H3,(H,15,16). The number of carboxylic acid groups (broad SMARTS) is 1. The molecular formula is C12H15NO3. The molecule has 0 atom stereocenters. The largest absolute Gasteiger partial charge is 0.478 e. The predicted molar refractivity (Wildman–Crippen MR) is 61.7 cm³/mol. The molecule has 86 valence electrons. The van der Waals surface area contributed by atoms with Crippen molar-refractivity contribution in [3.05, 3.63) is 29.8 Å². The van der Waals surface area contributed by atoms with Crippen molar-refractivity contribution in [2.75, 3.05) is 4.90 Å². The summed E-state index contributed by atoms with van der Waals surface area (Å²) < 4.78 is 0. The fraction of sp³-hybridized carbons (Fsp3) is 0.333. The van der Waals surface area contributed by atoms with Crippen LogP contribution in [0.15, 0.2) is 24.3 Å². The van der Waals surface area contributed by atoms with E-state index in [0.717, 1.165) is 0 Å². The van der Waals surface area contributed by atoms with Gasteiger partial charge in [-0.1, -0.05) is 6.07 Å². The number of carbonyl (C=O) groups is 2. The van der Waals surface area contributed by atoms with Crippen LogP contribution in [0.4, 0.5) is 5.69 Å². The van der Waals surface area contributed by atoms with E-state index in [4.69, 9.17) is 5.11 Å². The van der Waals surface area contributed by atoms with Gasteiger partial charge in [0.1, 0.15) is 0 Å². The number of nitrogens with zero attached hydrogens (tertiary/aromatic N) is 1.